The lowest BCUT2D eigenvalue weighted by Gasteiger charge is -2.55. The van der Waals surface area contributed by atoms with Crippen molar-refractivity contribution in [3.05, 3.63) is 0 Å². The van der Waals surface area contributed by atoms with E-state index in [-0.39, 0.29) is 23.9 Å². The molecule has 3 heteroatoms. The summed E-state index contributed by atoms with van der Waals surface area (Å²) >= 11 is 0. The SMILES string of the molecule is C[C@@]12CCC[C@](C)(O)[C@H]1C[C@H]([C@@](C)(O)CO)CC2. The maximum Gasteiger partial charge on any atom is 0.0877 e. The van der Waals surface area contributed by atoms with Crippen molar-refractivity contribution in [1.29, 1.82) is 0 Å². The Morgan fingerprint density at radius 2 is 1.89 bits per heavy atom. The average Bonchev–Trinajstić information content (AvgIpc) is 2.27. The Bertz CT molecular complexity index is 311. The van der Waals surface area contributed by atoms with Gasteiger partial charge in [-0.15, -0.1) is 0 Å². The molecule has 2 aliphatic carbocycles. The summed E-state index contributed by atoms with van der Waals surface area (Å²) in [5.74, 6) is 0.348. The Labute approximate surface area is 110 Å². The van der Waals surface area contributed by atoms with Crippen molar-refractivity contribution in [2.75, 3.05) is 6.61 Å². The molecular weight excluding hydrogens is 228 g/mol. The number of aliphatic hydroxyl groups excluding tert-OH is 1. The lowest BCUT2D eigenvalue weighted by atomic mass is 9.52. The largest absolute Gasteiger partial charge is 0.393 e. The van der Waals surface area contributed by atoms with Gasteiger partial charge in [0.2, 0.25) is 0 Å². The maximum atomic E-state index is 10.6. The van der Waals surface area contributed by atoms with Crippen molar-refractivity contribution in [3.63, 3.8) is 0 Å². The maximum absolute atomic E-state index is 10.6. The molecule has 0 spiro atoms. The van der Waals surface area contributed by atoms with Gasteiger partial charge in [0.15, 0.2) is 0 Å². The van der Waals surface area contributed by atoms with Crippen molar-refractivity contribution in [2.45, 2.75) is 70.5 Å². The Balaban J connectivity index is 2.19. The summed E-state index contributed by atoms with van der Waals surface area (Å²) in [6.45, 7) is 5.77. The van der Waals surface area contributed by atoms with E-state index < -0.39 is 11.2 Å². The second-order valence-electron chi connectivity index (χ2n) is 7.40. The number of aliphatic hydroxyl groups is 3. The predicted octanol–water partition coefficient (Wildman–Crippen LogP) is 2.09. The molecule has 0 aromatic heterocycles. The molecule has 3 nitrogen and oxygen atoms in total. The summed E-state index contributed by atoms with van der Waals surface area (Å²) in [6, 6.07) is 0. The molecule has 0 aliphatic heterocycles. The van der Waals surface area contributed by atoms with Gasteiger partial charge in [-0.3, -0.25) is 0 Å². The van der Waals surface area contributed by atoms with Gasteiger partial charge in [0, 0.05) is 0 Å². The van der Waals surface area contributed by atoms with Crippen LogP contribution in [0.15, 0.2) is 0 Å². The molecule has 0 heterocycles. The smallest absolute Gasteiger partial charge is 0.0877 e. The average molecular weight is 256 g/mol. The van der Waals surface area contributed by atoms with Crippen molar-refractivity contribution < 1.29 is 15.3 Å². The van der Waals surface area contributed by atoms with E-state index in [1.807, 2.05) is 6.92 Å². The number of fused-ring (bicyclic) bond motifs is 1. The van der Waals surface area contributed by atoms with Crippen LogP contribution in [0.5, 0.6) is 0 Å². The van der Waals surface area contributed by atoms with Crippen LogP contribution in [-0.4, -0.2) is 33.1 Å². The van der Waals surface area contributed by atoms with Gasteiger partial charge in [-0.05, 0) is 63.2 Å². The Morgan fingerprint density at radius 3 is 2.50 bits per heavy atom. The van der Waals surface area contributed by atoms with E-state index in [4.69, 9.17) is 0 Å². The van der Waals surface area contributed by atoms with E-state index in [0.29, 0.717) is 0 Å². The van der Waals surface area contributed by atoms with Crippen LogP contribution in [0, 0.1) is 17.3 Å². The highest BCUT2D eigenvalue weighted by molar-refractivity contribution is 5.03. The van der Waals surface area contributed by atoms with E-state index in [1.165, 1.54) is 6.42 Å². The monoisotopic (exact) mass is 256 g/mol. The van der Waals surface area contributed by atoms with Gasteiger partial charge in [-0.25, -0.2) is 0 Å². The van der Waals surface area contributed by atoms with Crippen LogP contribution < -0.4 is 0 Å². The topological polar surface area (TPSA) is 60.7 Å². The minimum atomic E-state index is -1.01. The highest BCUT2D eigenvalue weighted by Crippen LogP contribution is 2.56. The molecule has 0 unspecified atom stereocenters. The van der Waals surface area contributed by atoms with Crippen LogP contribution in [0.25, 0.3) is 0 Å². The molecule has 0 amide bonds. The fourth-order valence-corrected chi connectivity index (χ4v) is 4.39. The molecule has 3 N–H and O–H groups in total. The lowest BCUT2D eigenvalue weighted by Crippen LogP contribution is -2.54. The van der Waals surface area contributed by atoms with Crippen LogP contribution in [0.2, 0.25) is 0 Å². The van der Waals surface area contributed by atoms with Gasteiger partial charge >= 0.3 is 0 Å². The molecule has 0 aromatic carbocycles. The number of hydrogen-bond acceptors (Lipinski definition) is 3. The van der Waals surface area contributed by atoms with Gasteiger partial charge in [0.25, 0.3) is 0 Å². The first-order chi connectivity index (χ1) is 8.21. The first-order valence-corrected chi connectivity index (χ1v) is 7.27. The van der Waals surface area contributed by atoms with Crippen LogP contribution in [0.1, 0.15) is 59.3 Å². The van der Waals surface area contributed by atoms with Gasteiger partial charge in [-0.1, -0.05) is 13.3 Å². The van der Waals surface area contributed by atoms with Crippen molar-refractivity contribution in [3.8, 4) is 0 Å². The molecule has 2 aliphatic rings. The Morgan fingerprint density at radius 1 is 1.22 bits per heavy atom. The van der Waals surface area contributed by atoms with Crippen LogP contribution in [0.3, 0.4) is 0 Å². The predicted molar refractivity (Wildman–Crippen MR) is 71.1 cm³/mol. The Kier molecular flexibility index (Phi) is 3.54. The molecule has 5 atom stereocenters. The standard InChI is InChI=1S/C15H28O3/c1-13-6-4-7-14(2,17)12(13)9-11(5-8-13)15(3,18)10-16/h11-12,16-18H,4-10H2,1-3H3/t11-,12+,13+,14+,15+/m1/s1. The van der Waals surface area contributed by atoms with Gasteiger partial charge in [0.1, 0.15) is 0 Å². The summed E-state index contributed by atoms with van der Waals surface area (Å²) in [6.07, 6.45) is 5.98. The molecule has 2 fully saturated rings. The van der Waals surface area contributed by atoms with Crippen LogP contribution in [0.4, 0.5) is 0 Å². The third-order valence-corrected chi connectivity index (χ3v) is 5.81. The van der Waals surface area contributed by atoms with Crippen LogP contribution >= 0.6 is 0 Å². The molecule has 2 rings (SSSR count). The molecular formula is C15H28O3. The second-order valence-corrected chi connectivity index (χ2v) is 7.40. The molecule has 106 valence electrons. The minimum absolute atomic E-state index is 0.102. The van der Waals surface area contributed by atoms with E-state index in [2.05, 4.69) is 6.92 Å². The lowest BCUT2D eigenvalue weighted by molar-refractivity contribution is -0.152. The molecule has 0 radical (unpaired) electrons. The van der Waals surface area contributed by atoms with E-state index in [1.54, 1.807) is 6.92 Å². The van der Waals surface area contributed by atoms with E-state index >= 15 is 0 Å². The zero-order chi connectivity index (χ0) is 13.6. The highest BCUT2D eigenvalue weighted by Gasteiger charge is 2.52. The normalized spacial score (nSPS) is 48.3. The van der Waals surface area contributed by atoms with Crippen molar-refractivity contribution in [2.24, 2.45) is 17.3 Å². The minimum Gasteiger partial charge on any atom is -0.393 e. The fourth-order valence-electron chi connectivity index (χ4n) is 4.39. The third kappa shape index (κ3) is 2.33. The summed E-state index contributed by atoms with van der Waals surface area (Å²) in [5, 5.41) is 30.2. The van der Waals surface area contributed by atoms with Gasteiger partial charge < -0.3 is 15.3 Å². The zero-order valence-electron chi connectivity index (χ0n) is 11.9. The summed E-state index contributed by atoms with van der Waals surface area (Å²) in [7, 11) is 0. The number of rotatable bonds is 2. The van der Waals surface area contributed by atoms with Crippen LogP contribution in [-0.2, 0) is 0 Å². The molecule has 0 bridgehead atoms. The highest BCUT2D eigenvalue weighted by atomic mass is 16.3. The van der Waals surface area contributed by atoms with E-state index in [0.717, 1.165) is 32.1 Å². The second kappa shape index (κ2) is 4.46. The van der Waals surface area contributed by atoms with E-state index in [9.17, 15) is 15.3 Å². The molecule has 0 aromatic rings. The van der Waals surface area contributed by atoms with Gasteiger partial charge in [0.05, 0.1) is 17.8 Å². The molecule has 0 saturated heterocycles. The summed E-state index contributed by atoms with van der Waals surface area (Å²) < 4.78 is 0. The first-order valence-electron chi connectivity index (χ1n) is 7.27. The summed E-state index contributed by atoms with van der Waals surface area (Å²) in [4.78, 5) is 0. The van der Waals surface area contributed by atoms with Crippen molar-refractivity contribution in [1.82, 2.24) is 0 Å². The number of hydrogen-bond donors (Lipinski definition) is 3. The molecule has 2 saturated carbocycles. The quantitative estimate of drug-likeness (QED) is 0.709. The fraction of sp³-hybridized carbons (Fsp3) is 1.00. The Hall–Kier alpha value is -0.120. The van der Waals surface area contributed by atoms with Gasteiger partial charge in [-0.2, -0.15) is 0 Å². The zero-order valence-corrected chi connectivity index (χ0v) is 11.9. The van der Waals surface area contributed by atoms with Crippen molar-refractivity contribution >= 4 is 0 Å². The third-order valence-electron chi connectivity index (χ3n) is 5.81. The first kappa shape index (κ1) is 14.3. The summed E-state index contributed by atoms with van der Waals surface area (Å²) in [5.41, 5.74) is -1.41. The molecule has 18 heavy (non-hydrogen) atoms.